The van der Waals surface area contributed by atoms with E-state index in [1.165, 1.54) is 26.2 Å². The normalized spacial score (nSPS) is 34.9. The monoisotopic (exact) mass is 1470 g/mol. The van der Waals surface area contributed by atoms with Crippen molar-refractivity contribution in [3.8, 4) is 0 Å². The molecule has 0 unspecified atom stereocenters. The van der Waals surface area contributed by atoms with Crippen LogP contribution in [0.1, 0.15) is 126 Å². The summed E-state index contributed by atoms with van der Waals surface area (Å²) >= 11 is 6.19. The van der Waals surface area contributed by atoms with Gasteiger partial charge in [-0.25, -0.2) is 26.7 Å². The van der Waals surface area contributed by atoms with Gasteiger partial charge < -0.3 is 79.7 Å². The number of ether oxygens (including phenoxy) is 7. The Balaban J connectivity index is 0.000000138. The molecule has 9 fully saturated rings. The average Bonchev–Trinajstić information content (AvgIpc) is 1.55. The minimum Gasteiger partial charge on any atom is -0.466 e. The summed E-state index contributed by atoms with van der Waals surface area (Å²) in [5.41, 5.74) is -2.71. The highest BCUT2D eigenvalue weighted by atomic mass is 35.5. The Morgan fingerprint density at radius 1 is 0.515 bits per heavy atom. The Morgan fingerprint density at radius 3 is 1.28 bits per heavy atom. The van der Waals surface area contributed by atoms with Crippen molar-refractivity contribution in [1.29, 1.82) is 0 Å². The molecule has 9 N–H and O–H groups in total. The average molecular weight is 1470 g/mol. The van der Waals surface area contributed by atoms with Gasteiger partial charge in [0, 0.05) is 73.2 Å². The van der Waals surface area contributed by atoms with Crippen LogP contribution < -0.4 is 16.0 Å². The molecule has 3 aromatic carbocycles. The number of hydrogen-bond donors (Lipinski definition) is 9. The molecule has 0 amide bonds. The smallest absolute Gasteiger partial charge is 0.333 e. The molecule has 12 heterocycles. The number of benzene rings is 3. The number of fused-ring (bicyclic) bond motifs is 6. The van der Waals surface area contributed by atoms with Crippen LogP contribution in [0.2, 0.25) is 5.02 Å². The van der Waals surface area contributed by atoms with E-state index >= 15 is 13.2 Å². The first-order valence-electron chi connectivity index (χ1n) is 36.3. The molecule has 0 aromatic heterocycles. The highest BCUT2D eigenvalue weighted by Crippen LogP contribution is 2.65. The number of carbonyl (C=O) groups is 3. The Kier molecular flexibility index (Phi) is 21.7. The number of esters is 1. The predicted molar refractivity (Wildman–Crippen MR) is 366 cm³/mol. The number of rotatable bonds is 15. The van der Waals surface area contributed by atoms with Gasteiger partial charge in [0.2, 0.25) is 0 Å². The van der Waals surface area contributed by atoms with Crippen molar-refractivity contribution in [3.05, 3.63) is 121 Å². The molecule has 15 rings (SSSR count). The van der Waals surface area contributed by atoms with Gasteiger partial charge >= 0.3 is 5.97 Å². The number of aliphatic hydroxyl groups excluding tert-OH is 6. The van der Waals surface area contributed by atoms with E-state index in [-0.39, 0.29) is 151 Å². The van der Waals surface area contributed by atoms with Gasteiger partial charge in [0.25, 0.3) is 0 Å². The van der Waals surface area contributed by atoms with Gasteiger partial charge in [0.1, 0.15) is 28.4 Å². The molecule has 12 aliphatic rings. The maximum Gasteiger partial charge on any atom is 0.333 e. The summed E-state index contributed by atoms with van der Waals surface area (Å²) in [5.74, 6) is -4.66. The van der Waals surface area contributed by atoms with Crippen LogP contribution >= 0.6 is 11.6 Å². The molecular formula is C75H96ClF5N6O16. The molecule has 3 aromatic rings. The molecule has 0 spiro atoms. The molecule has 28 heteroatoms. The number of halogens is 6. The molecule has 12 aliphatic heterocycles. The van der Waals surface area contributed by atoms with Crippen LogP contribution in [-0.2, 0) is 84.2 Å². The predicted octanol–water partition coefficient (Wildman–Crippen LogP) is 7.45. The highest BCUT2D eigenvalue weighted by Gasteiger charge is 2.74. The first-order valence-corrected chi connectivity index (χ1v) is 36.7. The van der Waals surface area contributed by atoms with Crippen molar-refractivity contribution in [3.63, 3.8) is 0 Å². The van der Waals surface area contributed by atoms with Gasteiger partial charge in [-0.3, -0.25) is 24.3 Å². The van der Waals surface area contributed by atoms with E-state index in [1.54, 1.807) is 19.1 Å². The van der Waals surface area contributed by atoms with Crippen molar-refractivity contribution in [1.82, 2.24) is 14.7 Å². The number of hydrogen-bond acceptors (Lipinski definition) is 22. The number of anilines is 3. The number of nitrogens with one attached hydrogen (secondary N) is 3. The van der Waals surface area contributed by atoms with Gasteiger partial charge in [-0.1, -0.05) is 63.8 Å². The van der Waals surface area contributed by atoms with Gasteiger partial charge in [-0.15, -0.1) is 0 Å². The van der Waals surface area contributed by atoms with Crippen molar-refractivity contribution < 1.29 is 100 Å². The van der Waals surface area contributed by atoms with Crippen molar-refractivity contribution >= 4 is 46.2 Å². The van der Waals surface area contributed by atoms with Crippen molar-refractivity contribution in [2.24, 2.45) is 35.5 Å². The highest BCUT2D eigenvalue weighted by molar-refractivity contribution is 6.31. The lowest BCUT2D eigenvalue weighted by Crippen LogP contribution is -2.75. The summed E-state index contributed by atoms with van der Waals surface area (Å²) in [4.78, 5) is 44.7. The first-order chi connectivity index (χ1) is 49.5. The third-order valence-electron chi connectivity index (χ3n) is 25.1. The molecule has 0 saturated carbocycles. The number of nitrogens with zero attached hydrogens (tertiary/aromatic N) is 3. The quantitative estimate of drug-likeness (QED) is 0.0406. The van der Waals surface area contributed by atoms with Crippen LogP contribution in [0.15, 0.2) is 53.1 Å². The molecular weight excluding hydrogens is 1370 g/mol. The van der Waals surface area contributed by atoms with E-state index in [1.807, 2.05) is 0 Å². The number of methoxy groups -OCH3 is 1. The Bertz CT molecular complexity index is 3830. The van der Waals surface area contributed by atoms with Gasteiger partial charge in [-0.05, 0) is 128 Å². The summed E-state index contributed by atoms with van der Waals surface area (Å²) < 4.78 is 119. The maximum atomic E-state index is 15.4. The van der Waals surface area contributed by atoms with Crippen molar-refractivity contribution in [2.45, 2.75) is 164 Å². The second kappa shape index (κ2) is 29.5. The summed E-state index contributed by atoms with van der Waals surface area (Å²) in [6.07, 6.45) is 10.4. The van der Waals surface area contributed by atoms with E-state index in [9.17, 15) is 53.8 Å². The zero-order valence-electron chi connectivity index (χ0n) is 59.1. The molecule has 22 nitrogen and oxygen atoms in total. The summed E-state index contributed by atoms with van der Waals surface area (Å²) in [6.45, 7) is 13.1. The number of ketones is 2. The van der Waals surface area contributed by atoms with Crippen LogP contribution in [-0.4, -0.2) is 204 Å². The van der Waals surface area contributed by atoms with Crippen LogP contribution in [0.4, 0.5) is 39.0 Å². The van der Waals surface area contributed by atoms with Crippen LogP contribution in [0.3, 0.4) is 0 Å². The van der Waals surface area contributed by atoms with E-state index in [0.29, 0.717) is 123 Å². The lowest BCUT2D eigenvalue weighted by atomic mass is 9.66. The minimum absolute atomic E-state index is 0.0214. The maximum absolute atomic E-state index is 15.4. The fourth-order valence-corrected chi connectivity index (χ4v) is 21.2. The van der Waals surface area contributed by atoms with E-state index in [0.717, 1.165) is 37.9 Å². The van der Waals surface area contributed by atoms with Gasteiger partial charge in [0.05, 0.1) is 127 Å². The second-order valence-electron chi connectivity index (χ2n) is 29.3. The summed E-state index contributed by atoms with van der Waals surface area (Å²) in [6, 6.07) is 2.44. The molecule has 0 aliphatic carbocycles. The van der Waals surface area contributed by atoms with Gasteiger partial charge in [0.15, 0.2) is 46.2 Å². The largest absolute Gasteiger partial charge is 0.466 e. The Labute approximate surface area is 600 Å². The molecule has 103 heavy (non-hydrogen) atoms. The number of allylic oxidation sites excluding steroid dienone is 2. The molecule has 0 bridgehead atoms. The molecule has 564 valence electrons. The summed E-state index contributed by atoms with van der Waals surface area (Å²) in [7, 11) is 1.31. The van der Waals surface area contributed by atoms with Crippen LogP contribution in [0.25, 0.3) is 0 Å². The Morgan fingerprint density at radius 2 is 0.893 bits per heavy atom. The van der Waals surface area contributed by atoms with E-state index < -0.39 is 82.2 Å². The number of Topliss-reactive ketones (excluding diaryl/α,β-unsaturated/α-hetero) is 2. The number of aliphatic hydroxyl groups is 6. The first kappa shape index (κ1) is 75.7. The van der Waals surface area contributed by atoms with Crippen LogP contribution in [0.5, 0.6) is 0 Å². The van der Waals surface area contributed by atoms with E-state index in [4.69, 9.17) is 44.8 Å². The zero-order valence-corrected chi connectivity index (χ0v) is 59.9. The summed E-state index contributed by atoms with van der Waals surface area (Å²) in [5, 5.41) is 68.8. The van der Waals surface area contributed by atoms with E-state index in [2.05, 4.69) is 51.4 Å². The molecule has 15 atom stereocenters. The SMILES string of the molecule is CC[C@@H]1CN2CC[C@@]34OCCO[C@@]3(Nc3c(F)c(Cl)cc(CO)c34)[C@@H]2C[C@@H]1/C(=C\CO)C(C)=O.CC[C@@H]1CN2CC[C@@]34OCCO[C@@]3(Nc3c(F)c(F)cc(CO)c34)[C@@H]2C[C@@H]1/C(=C\CO)C(=O)OC.CC[C@@H]1CN2CC[C@@]34OCCO[C@@]3(Nc3c(F)cc(F)c(CO)c34)[C@@H]2C[C@@H]1/C(=C\CO)C(C)=O. The van der Waals surface area contributed by atoms with Gasteiger partial charge in [-0.2, -0.15) is 0 Å². The number of piperidine rings is 6. The molecule has 9 saturated heterocycles. The fraction of sp³-hybridized carbons (Fsp3) is 0.640. The number of carbonyl (C=O) groups excluding carboxylic acids is 3. The lowest BCUT2D eigenvalue weighted by Gasteiger charge is -2.61. The van der Waals surface area contributed by atoms with Crippen molar-refractivity contribution in [2.75, 3.05) is 122 Å². The topological polar surface area (TPSA) is 283 Å². The Hall–Kier alpha value is -5.57. The zero-order chi connectivity index (χ0) is 73.5. The minimum atomic E-state index is -1.23. The second-order valence-corrected chi connectivity index (χ2v) is 29.7. The third kappa shape index (κ3) is 11.6. The fourth-order valence-electron chi connectivity index (χ4n) is 20.9. The lowest BCUT2D eigenvalue weighted by molar-refractivity contribution is -0.297. The molecule has 0 radical (unpaired) electrons. The van der Waals surface area contributed by atoms with Crippen LogP contribution in [0, 0.1) is 64.6 Å². The third-order valence-corrected chi connectivity index (χ3v) is 25.4. The standard InChI is InChI=1S/C25H32ClFN2O5.C25H32F2N2O6.C25H32F2N2O5/c1-3-15-12-29-6-5-24-21-16(13-31)10-19(26)22(27)23(21)28-25(24,34-9-8-33-24)20(29)11-18(15)17(4-7-30)14(2)32;1-3-14-12-29-6-5-24-20-15(13-31)10-18(26)21(27)22(20)28-25(24,35-9-8-34-24)19(29)11-17(14)16(4-7-30)23(32)33-2;1-3-15-12-29-6-5-24-22-18(13-31)19(26)11-20(27)23(22)28-25(24,34-9-8-33-24)21(29)10-17(15)16(4-7-30)14(2)32/h4,10,15,18,20,28,30-31H,3,5-9,11-13H2,1-2H3;4,10,14,17,19,28,30-31H,3,5-9,11-13H2,1-2H3;4,11,15,17,21,28,30-31H,3,5-10,12-13H2,1-2H3/b17-4-;16-4+;16-4-/t15-,18+,20+,24+,25+;14-,17+,19+,24+,25+;15-,17+,21+,24+,25+/m111/s1.